The van der Waals surface area contributed by atoms with Gasteiger partial charge in [-0.1, -0.05) is 0 Å². The molecule has 0 unspecified atom stereocenters. The van der Waals surface area contributed by atoms with Crippen molar-refractivity contribution in [1.82, 2.24) is 19.8 Å². The minimum absolute atomic E-state index is 0. The fourth-order valence-corrected chi connectivity index (χ4v) is 4.66. The Bertz CT molecular complexity index is 1230. The highest BCUT2D eigenvalue weighted by Crippen LogP contribution is 2.29. The number of aromatic nitrogens is 2. The molecule has 1 fully saturated rings. The maximum Gasteiger partial charge on any atom is 0.254 e. The van der Waals surface area contributed by atoms with E-state index in [2.05, 4.69) is 15.2 Å². The summed E-state index contributed by atoms with van der Waals surface area (Å²) in [6, 6.07) is 8.27. The molecular formula is C25H31Cl2FN4O4. The van der Waals surface area contributed by atoms with Crippen LogP contribution >= 0.6 is 24.8 Å². The molecule has 3 aromatic rings. The van der Waals surface area contributed by atoms with Crippen molar-refractivity contribution in [2.45, 2.75) is 32.0 Å². The minimum Gasteiger partial charge on any atom is -0.496 e. The van der Waals surface area contributed by atoms with E-state index in [0.717, 1.165) is 49.3 Å². The Kier molecular flexibility index (Phi) is 9.78. The zero-order valence-corrected chi connectivity index (χ0v) is 21.7. The summed E-state index contributed by atoms with van der Waals surface area (Å²) in [5, 5.41) is 4.33. The number of nitrogens with zero attached hydrogens (tertiary/aromatic N) is 3. The maximum absolute atomic E-state index is 13.9. The summed E-state index contributed by atoms with van der Waals surface area (Å²) < 4.78 is 32.0. The third-order valence-corrected chi connectivity index (χ3v) is 6.54. The number of pyridine rings is 2. The molecule has 1 saturated heterocycles. The molecule has 2 aromatic heterocycles. The molecule has 0 radical (unpaired) electrons. The van der Waals surface area contributed by atoms with Crippen LogP contribution in [0.4, 0.5) is 4.39 Å². The van der Waals surface area contributed by atoms with Gasteiger partial charge >= 0.3 is 0 Å². The van der Waals surface area contributed by atoms with Gasteiger partial charge in [0.2, 0.25) is 0 Å². The second-order valence-corrected chi connectivity index (χ2v) is 8.68. The second-order valence-electron chi connectivity index (χ2n) is 8.68. The molecule has 4 heterocycles. The van der Waals surface area contributed by atoms with Crippen molar-refractivity contribution >= 4 is 35.7 Å². The van der Waals surface area contributed by atoms with Crippen LogP contribution in [-0.4, -0.2) is 60.5 Å². The third kappa shape index (κ3) is 6.21. The predicted molar refractivity (Wildman–Crippen MR) is 141 cm³/mol. The molecule has 196 valence electrons. The van der Waals surface area contributed by atoms with Gasteiger partial charge in [-0.3, -0.25) is 9.78 Å². The van der Waals surface area contributed by atoms with E-state index in [0.29, 0.717) is 49.4 Å². The molecule has 5 rings (SSSR count). The van der Waals surface area contributed by atoms with Gasteiger partial charge < -0.3 is 29.0 Å². The van der Waals surface area contributed by atoms with E-state index in [1.165, 1.54) is 25.3 Å². The van der Waals surface area contributed by atoms with Crippen LogP contribution in [0.1, 0.15) is 18.5 Å². The van der Waals surface area contributed by atoms with Gasteiger partial charge in [0.15, 0.2) is 11.5 Å². The van der Waals surface area contributed by atoms with E-state index >= 15 is 0 Å². The normalized spacial score (nSPS) is 15.7. The van der Waals surface area contributed by atoms with Gasteiger partial charge in [-0.15, -0.1) is 24.8 Å². The molecule has 1 aromatic carbocycles. The van der Waals surface area contributed by atoms with Crippen molar-refractivity contribution in [3.8, 4) is 17.2 Å². The Hall–Kier alpha value is -2.59. The van der Waals surface area contributed by atoms with Crippen molar-refractivity contribution < 1.29 is 18.6 Å². The van der Waals surface area contributed by atoms with Gasteiger partial charge in [-0.05, 0) is 44.1 Å². The first-order valence-corrected chi connectivity index (χ1v) is 11.7. The largest absolute Gasteiger partial charge is 0.496 e. The highest BCUT2D eigenvalue weighted by Gasteiger charge is 2.20. The molecule has 1 N–H and O–H groups in total. The van der Waals surface area contributed by atoms with Crippen molar-refractivity contribution in [3.05, 3.63) is 58.4 Å². The van der Waals surface area contributed by atoms with E-state index in [-0.39, 0.29) is 36.2 Å². The van der Waals surface area contributed by atoms with Crippen LogP contribution in [0.15, 0.2) is 41.3 Å². The van der Waals surface area contributed by atoms with Crippen LogP contribution in [0.3, 0.4) is 0 Å². The summed E-state index contributed by atoms with van der Waals surface area (Å²) in [6.07, 6.45) is 3.75. The number of likely N-dealkylation sites (tertiary alicyclic amines) is 1. The monoisotopic (exact) mass is 540 g/mol. The molecule has 11 heteroatoms. The van der Waals surface area contributed by atoms with E-state index in [1.54, 1.807) is 16.8 Å². The molecule has 0 aliphatic carbocycles. The van der Waals surface area contributed by atoms with Gasteiger partial charge in [0.05, 0.1) is 24.5 Å². The van der Waals surface area contributed by atoms with Crippen molar-refractivity contribution in [3.63, 3.8) is 0 Å². The molecule has 8 nitrogen and oxygen atoms in total. The second kappa shape index (κ2) is 12.6. The van der Waals surface area contributed by atoms with Crippen molar-refractivity contribution in [2.75, 3.05) is 40.0 Å². The summed E-state index contributed by atoms with van der Waals surface area (Å²) in [7, 11) is 1.52. The Balaban J connectivity index is 0.00000180. The van der Waals surface area contributed by atoms with Crippen LogP contribution < -0.4 is 25.1 Å². The summed E-state index contributed by atoms with van der Waals surface area (Å²) in [6.45, 7) is 4.91. The number of piperidine rings is 1. The molecule has 2 aliphatic rings. The number of ether oxygens (including phenoxy) is 3. The van der Waals surface area contributed by atoms with E-state index < -0.39 is 0 Å². The van der Waals surface area contributed by atoms with E-state index in [9.17, 15) is 9.18 Å². The van der Waals surface area contributed by atoms with Crippen LogP contribution in [0, 0.1) is 5.82 Å². The number of hydrogen-bond donors (Lipinski definition) is 1. The lowest BCUT2D eigenvalue weighted by Gasteiger charge is -2.32. The molecule has 0 atom stereocenters. The Morgan fingerprint density at radius 3 is 2.58 bits per heavy atom. The van der Waals surface area contributed by atoms with Crippen LogP contribution in [0.2, 0.25) is 0 Å². The molecule has 0 amide bonds. The fraction of sp³-hybridized carbons (Fsp3) is 0.440. The Morgan fingerprint density at radius 1 is 1.08 bits per heavy atom. The van der Waals surface area contributed by atoms with E-state index in [1.807, 2.05) is 6.07 Å². The van der Waals surface area contributed by atoms with Gasteiger partial charge in [0.25, 0.3) is 5.56 Å². The average Bonchev–Trinajstić information content (AvgIpc) is 2.87. The lowest BCUT2D eigenvalue weighted by atomic mass is 10.0. The van der Waals surface area contributed by atoms with Gasteiger partial charge in [-0.2, -0.15) is 0 Å². The maximum atomic E-state index is 13.9. The number of methoxy groups -OCH3 is 1. The van der Waals surface area contributed by atoms with Gasteiger partial charge in [0, 0.05) is 43.2 Å². The smallest absolute Gasteiger partial charge is 0.254 e. The average molecular weight is 541 g/mol. The highest BCUT2D eigenvalue weighted by atomic mass is 35.5. The van der Waals surface area contributed by atoms with Crippen LogP contribution in [-0.2, 0) is 13.1 Å². The molecule has 0 spiro atoms. The molecule has 0 bridgehead atoms. The predicted octanol–water partition coefficient (Wildman–Crippen LogP) is 3.41. The number of hydrogen-bond acceptors (Lipinski definition) is 7. The number of fused-ring (bicyclic) bond motifs is 2. The zero-order valence-electron chi connectivity index (χ0n) is 20.1. The summed E-state index contributed by atoms with van der Waals surface area (Å²) in [5.41, 5.74) is 1.32. The standard InChI is InChI=1S/C25H29FN4O4.2ClH/c1-32-22-14-25(31)30(21-12-17(26)2-3-20(21)22)9-8-29-6-4-18(5-7-29)27-15-19-13-23-24(16-28-19)34-11-10-33-23;;/h2-3,12-14,16,18,27H,4-11,15H2,1H3;2*1H. The SMILES string of the molecule is COc1cc(=O)n(CCN2CCC(NCc3cc4c(cn3)OCCO4)CC2)c2cc(F)ccc12.Cl.Cl. The van der Waals surface area contributed by atoms with Crippen LogP contribution in [0.5, 0.6) is 17.2 Å². The molecule has 0 saturated carbocycles. The quantitative estimate of drug-likeness (QED) is 0.492. The van der Waals surface area contributed by atoms with E-state index in [4.69, 9.17) is 14.2 Å². The number of rotatable bonds is 7. The zero-order chi connectivity index (χ0) is 23.5. The number of nitrogens with one attached hydrogen (secondary N) is 1. The first-order valence-electron chi connectivity index (χ1n) is 11.7. The fourth-order valence-electron chi connectivity index (χ4n) is 4.66. The Labute approximate surface area is 221 Å². The first kappa shape index (κ1) is 28.0. The molecule has 2 aliphatic heterocycles. The topological polar surface area (TPSA) is 77.9 Å². The minimum atomic E-state index is -0.367. The lowest BCUT2D eigenvalue weighted by molar-refractivity contribution is 0.170. The number of halogens is 3. The highest BCUT2D eigenvalue weighted by molar-refractivity contribution is 5.86. The van der Waals surface area contributed by atoms with Crippen molar-refractivity contribution in [2.24, 2.45) is 0 Å². The Morgan fingerprint density at radius 2 is 1.83 bits per heavy atom. The van der Waals surface area contributed by atoms with Crippen LogP contribution in [0.25, 0.3) is 10.9 Å². The first-order chi connectivity index (χ1) is 16.6. The van der Waals surface area contributed by atoms with Crippen molar-refractivity contribution in [1.29, 1.82) is 0 Å². The summed E-state index contributed by atoms with van der Waals surface area (Å²) in [5.74, 6) is 1.56. The summed E-state index contributed by atoms with van der Waals surface area (Å²) in [4.78, 5) is 19.5. The number of benzene rings is 1. The van der Waals surface area contributed by atoms with Gasteiger partial charge in [-0.25, -0.2) is 4.39 Å². The third-order valence-electron chi connectivity index (χ3n) is 6.54. The van der Waals surface area contributed by atoms with Gasteiger partial charge in [0.1, 0.15) is 24.8 Å². The lowest BCUT2D eigenvalue weighted by Crippen LogP contribution is -2.43. The molecular weight excluding hydrogens is 510 g/mol. The summed E-state index contributed by atoms with van der Waals surface area (Å²) >= 11 is 0. The molecule has 36 heavy (non-hydrogen) atoms.